The number of hydrazine groups is 1. The molecule has 9 heteroatoms. The molecule has 0 bridgehead atoms. The number of carboxylic acid groups (broad SMARTS) is 1. The smallest absolute Gasteiger partial charge is 0.288 e. The van der Waals surface area contributed by atoms with Crippen LogP contribution in [0.3, 0.4) is 0 Å². The van der Waals surface area contributed by atoms with Gasteiger partial charge in [0.2, 0.25) is 0 Å². The van der Waals surface area contributed by atoms with Gasteiger partial charge >= 0.3 is 0 Å². The molecular formula is C15H12F2N3O2S2-. The van der Waals surface area contributed by atoms with E-state index in [9.17, 15) is 18.7 Å². The Morgan fingerprint density at radius 2 is 1.62 bits per heavy atom. The fourth-order valence-electron chi connectivity index (χ4n) is 1.70. The number of thioether (sulfide) groups is 1. The molecule has 3 N–H and O–H groups in total. The van der Waals surface area contributed by atoms with Crippen molar-refractivity contribution in [1.82, 2.24) is 5.43 Å². The summed E-state index contributed by atoms with van der Waals surface area (Å²) in [4.78, 5) is 11.1. The highest BCUT2D eigenvalue weighted by atomic mass is 32.2. The van der Waals surface area contributed by atoms with Crippen LogP contribution in [0.15, 0.2) is 53.4 Å². The van der Waals surface area contributed by atoms with Crippen LogP contribution in [0.1, 0.15) is 10.4 Å². The largest absolute Gasteiger partial charge is 0.545 e. The van der Waals surface area contributed by atoms with Gasteiger partial charge in [0.05, 0.1) is 11.7 Å². The van der Waals surface area contributed by atoms with E-state index >= 15 is 0 Å². The number of thiocarbonyl (C=S) groups is 1. The van der Waals surface area contributed by atoms with Gasteiger partial charge < -0.3 is 15.2 Å². The highest BCUT2D eigenvalue weighted by Crippen LogP contribution is 2.26. The summed E-state index contributed by atoms with van der Waals surface area (Å²) >= 11 is 5.56. The van der Waals surface area contributed by atoms with Crippen molar-refractivity contribution in [3.63, 3.8) is 0 Å². The molecule has 0 aliphatic carbocycles. The van der Waals surface area contributed by atoms with E-state index in [0.717, 1.165) is 0 Å². The molecule has 0 aliphatic rings. The Labute approximate surface area is 146 Å². The second-order valence-corrected chi connectivity index (χ2v) is 5.94. The number of aromatic carboxylic acids is 1. The lowest BCUT2D eigenvalue weighted by Gasteiger charge is -2.13. The number of halogens is 2. The van der Waals surface area contributed by atoms with Crippen molar-refractivity contribution >= 4 is 46.4 Å². The zero-order valence-electron chi connectivity index (χ0n) is 12.1. The molecule has 2 aromatic carbocycles. The van der Waals surface area contributed by atoms with E-state index in [2.05, 4.69) is 16.2 Å². The van der Waals surface area contributed by atoms with Crippen LogP contribution in [0.4, 0.5) is 20.2 Å². The zero-order valence-corrected chi connectivity index (χ0v) is 13.7. The van der Waals surface area contributed by atoms with E-state index in [1.54, 1.807) is 36.4 Å². The fourth-order valence-corrected chi connectivity index (χ4v) is 2.37. The molecule has 0 atom stereocenters. The van der Waals surface area contributed by atoms with Crippen molar-refractivity contribution in [3.05, 3.63) is 54.1 Å². The van der Waals surface area contributed by atoms with Crippen molar-refractivity contribution in [2.75, 3.05) is 10.7 Å². The monoisotopic (exact) mass is 368 g/mol. The third kappa shape index (κ3) is 5.67. The number of nitrogens with one attached hydrogen (secondary N) is 3. The lowest BCUT2D eigenvalue weighted by atomic mass is 10.2. The van der Waals surface area contributed by atoms with Crippen molar-refractivity contribution < 1.29 is 18.7 Å². The van der Waals surface area contributed by atoms with Gasteiger partial charge in [0.25, 0.3) is 5.76 Å². The van der Waals surface area contributed by atoms with E-state index in [1.807, 2.05) is 0 Å². The quantitative estimate of drug-likeness (QED) is 0.411. The average Bonchev–Trinajstić information content (AvgIpc) is 2.54. The molecule has 24 heavy (non-hydrogen) atoms. The molecular weight excluding hydrogens is 356 g/mol. The Bertz CT molecular complexity index is 710. The van der Waals surface area contributed by atoms with E-state index < -0.39 is 11.7 Å². The highest BCUT2D eigenvalue weighted by Gasteiger charge is 2.05. The Kier molecular flexibility index (Phi) is 6.33. The second kappa shape index (κ2) is 8.46. The summed E-state index contributed by atoms with van der Waals surface area (Å²) < 4.78 is 24.5. The van der Waals surface area contributed by atoms with Crippen LogP contribution < -0.4 is 21.3 Å². The molecule has 2 aromatic rings. The van der Waals surface area contributed by atoms with Crippen LogP contribution in [-0.4, -0.2) is 16.8 Å². The first kappa shape index (κ1) is 18.0. The van der Waals surface area contributed by atoms with Gasteiger partial charge in [0.1, 0.15) is 0 Å². The number of carbonyl (C=O) groups excluding carboxylic acids is 1. The predicted octanol–water partition coefficient (Wildman–Crippen LogP) is 2.68. The number of rotatable bonds is 6. The first-order valence-corrected chi connectivity index (χ1v) is 7.92. The number of carbonyl (C=O) groups is 1. The highest BCUT2D eigenvalue weighted by molar-refractivity contribution is 7.99. The Hall–Kier alpha value is -2.39. The van der Waals surface area contributed by atoms with Gasteiger partial charge in [-0.25, -0.2) is 0 Å². The van der Waals surface area contributed by atoms with E-state index in [0.29, 0.717) is 28.0 Å². The third-order valence-electron chi connectivity index (χ3n) is 2.78. The molecule has 0 spiro atoms. The minimum Gasteiger partial charge on any atom is -0.545 e. The maximum atomic E-state index is 12.2. The molecule has 0 radical (unpaired) electrons. The minimum absolute atomic E-state index is 0.0722. The molecule has 0 unspecified atom stereocenters. The number of carboxylic acids is 1. The van der Waals surface area contributed by atoms with E-state index in [1.165, 1.54) is 12.1 Å². The average molecular weight is 368 g/mol. The number of hydrogen-bond donors (Lipinski definition) is 3. The third-order valence-corrected chi connectivity index (χ3v) is 3.70. The summed E-state index contributed by atoms with van der Waals surface area (Å²) in [6.45, 7) is 0. The van der Waals surface area contributed by atoms with Crippen molar-refractivity contribution in [2.45, 2.75) is 10.7 Å². The van der Waals surface area contributed by atoms with Crippen molar-refractivity contribution in [3.8, 4) is 0 Å². The zero-order chi connectivity index (χ0) is 17.5. The van der Waals surface area contributed by atoms with Gasteiger partial charge in [0.15, 0.2) is 5.11 Å². The molecule has 5 nitrogen and oxygen atoms in total. The van der Waals surface area contributed by atoms with Crippen LogP contribution in [-0.2, 0) is 0 Å². The molecule has 126 valence electrons. The minimum atomic E-state index is -2.46. The van der Waals surface area contributed by atoms with Gasteiger partial charge in [-0.1, -0.05) is 23.9 Å². The van der Waals surface area contributed by atoms with Gasteiger partial charge in [-0.15, -0.1) is 0 Å². The Balaban J connectivity index is 1.83. The van der Waals surface area contributed by atoms with Crippen LogP contribution in [0, 0.1) is 0 Å². The number of benzene rings is 2. The van der Waals surface area contributed by atoms with Gasteiger partial charge in [-0.3, -0.25) is 10.9 Å². The summed E-state index contributed by atoms with van der Waals surface area (Å²) in [5.74, 6) is -3.71. The summed E-state index contributed by atoms with van der Waals surface area (Å²) in [6, 6.07) is 12.3. The first-order valence-electron chi connectivity index (χ1n) is 6.63. The standard InChI is InChI=1S/C15H13F2N3O2S2/c16-14(17)24-12-7-5-10(6-8-12)18-15(23)20-19-11-3-1-9(2-4-11)13(21)22/h1-8,14,19H,(H,21,22)(H2,18,20,23)/p-1. The molecule has 0 amide bonds. The number of alkyl halides is 2. The fraction of sp³-hybridized carbons (Fsp3) is 0.0667. The molecule has 0 saturated carbocycles. The molecule has 0 fully saturated rings. The topological polar surface area (TPSA) is 76.2 Å². The molecule has 0 aliphatic heterocycles. The Morgan fingerprint density at radius 1 is 1.04 bits per heavy atom. The van der Waals surface area contributed by atoms with Crippen LogP contribution in [0.25, 0.3) is 0 Å². The van der Waals surface area contributed by atoms with Gasteiger partial charge in [-0.05, 0) is 54.2 Å². The normalized spacial score (nSPS) is 10.3. The summed E-state index contributed by atoms with van der Waals surface area (Å²) in [7, 11) is 0. The van der Waals surface area contributed by atoms with Crippen molar-refractivity contribution in [2.24, 2.45) is 0 Å². The van der Waals surface area contributed by atoms with Crippen molar-refractivity contribution in [1.29, 1.82) is 0 Å². The molecule has 2 rings (SSSR count). The van der Waals surface area contributed by atoms with Gasteiger partial charge in [0, 0.05) is 10.6 Å². The molecule has 0 aromatic heterocycles. The van der Waals surface area contributed by atoms with Crippen LogP contribution in [0.2, 0.25) is 0 Å². The first-order chi connectivity index (χ1) is 11.4. The lowest BCUT2D eigenvalue weighted by Crippen LogP contribution is -2.33. The summed E-state index contributed by atoms with van der Waals surface area (Å²) in [5.41, 5.74) is 6.84. The number of anilines is 2. The maximum Gasteiger partial charge on any atom is 0.288 e. The van der Waals surface area contributed by atoms with Crippen LogP contribution >= 0.6 is 24.0 Å². The van der Waals surface area contributed by atoms with Crippen LogP contribution in [0.5, 0.6) is 0 Å². The van der Waals surface area contributed by atoms with Gasteiger partial charge in [-0.2, -0.15) is 8.78 Å². The van der Waals surface area contributed by atoms with E-state index in [4.69, 9.17) is 12.2 Å². The van der Waals surface area contributed by atoms with E-state index in [-0.39, 0.29) is 10.7 Å². The summed E-state index contributed by atoms with van der Waals surface area (Å²) in [6.07, 6.45) is 0. The lowest BCUT2D eigenvalue weighted by molar-refractivity contribution is -0.255. The summed E-state index contributed by atoms with van der Waals surface area (Å²) in [5, 5.41) is 13.8. The maximum absolute atomic E-state index is 12.2. The molecule has 0 heterocycles. The Morgan fingerprint density at radius 3 is 2.17 bits per heavy atom. The number of hydrogen-bond acceptors (Lipinski definition) is 5. The molecule has 0 saturated heterocycles. The SMILES string of the molecule is O=C([O-])c1ccc(NNC(=S)Nc2ccc(SC(F)F)cc2)cc1. The second-order valence-electron chi connectivity index (χ2n) is 4.47. The predicted molar refractivity (Wildman–Crippen MR) is 92.1 cm³/mol.